The van der Waals surface area contributed by atoms with Crippen LogP contribution in [0.25, 0.3) is 11.1 Å². The Kier molecular flexibility index (Phi) is 8.14. The Morgan fingerprint density at radius 2 is 1.86 bits per heavy atom. The number of nitrogens with zero attached hydrogens (tertiary/aromatic N) is 4. The van der Waals surface area contributed by atoms with Gasteiger partial charge in [0.05, 0.1) is 19.3 Å². The summed E-state index contributed by atoms with van der Waals surface area (Å²) in [5, 5.41) is 4.09. The van der Waals surface area contributed by atoms with Crippen molar-refractivity contribution in [2.75, 3.05) is 24.6 Å². The lowest BCUT2D eigenvalue weighted by molar-refractivity contribution is -0.144. The van der Waals surface area contributed by atoms with Crippen molar-refractivity contribution >= 4 is 23.8 Å². The zero-order valence-electron chi connectivity index (χ0n) is 21.1. The van der Waals surface area contributed by atoms with Crippen LogP contribution in [0.2, 0.25) is 0 Å². The molecule has 0 saturated carbocycles. The van der Waals surface area contributed by atoms with Gasteiger partial charge in [0.1, 0.15) is 5.60 Å². The van der Waals surface area contributed by atoms with Crippen molar-refractivity contribution in [2.24, 2.45) is 0 Å². The molecule has 0 bridgehead atoms. The molecule has 1 fully saturated rings. The minimum absolute atomic E-state index is 0.185. The number of anilines is 1. The van der Waals surface area contributed by atoms with E-state index in [0.717, 1.165) is 15.8 Å². The number of urea groups is 1. The van der Waals surface area contributed by atoms with Crippen LogP contribution in [0.5, 0.6) is 0 Å². The van der Waals surface area contributed by atoms with E-state index >= 15 is 0 Å². The minimum Gasteiger partial charge on any atom is -0.464 e. The highest BCUT2D eigenvalue weighted by Crippen LogP contribution is 2.29. The lowest BCUT2D eigenvalue weighted by atomic mass is 10.1. The predicted octanol–water partition coefficient (Wildman–Crippen LogP) is 4.81. The highest BCUT2D eigenvalue weighted by Gasteiger charge is 2.43. The zero-order valence-corrected chi connectivity index (χ0v) is 21.1. The summed E-state index contributed by atoms with van der Waals surface area (Å²) in [6, 6.07) is 6.01. The molecule has 1 aliphatic heterocycles. The van der Waals surface area contributed by atoms with Crippen molar-refractivity contribution in [3.05, 3.63) is 73.6 Å². The summed E-state index contributed by atoms with van der Waals surface area (Å²) >= 11 is 0. The third-order valence-electron chi connectivity index (χ3n) is 5.35. The van der Waals surface area contributed by atoms with Gasteiger partial charge in [0, 0.05) is 24.0 Å². The molecule has 9 nitrogen and oxygen atoms in total. The van der Waals surface area contributed by atoms with Gasteiger partial charge in [0.15, 0.2) is 6.04 Å². The second-order valence-electron chi connectivity index (χ2n) is 9.18. The molecule has 1 aromatic carbocycles. The third-order valence-corrected chi connectivity index (χ3v) is 5.35. The minimum atomic E-state index is -0.784. The molecule has 2 aromatic rings. The summed E-state index contributed by atoms with van der Waals surface area (Å²) in [5.41, 5.74) is 2.21. The lowest BCUT2D eigenvalue weighted by Gasteiger charge is -2.22. The fourth-order valence-corrected chi connectivity index (χ4v) is 3.75. The largest absolute Gasteiger partial charge is 0.464 e. The number of rotatable bonds is 8. The molecule has 0 radical (unpaired) electrons. The van der Waals surface area contributed by atoms with Crippen molar-refractivity contribution in [1.82, 2.24) is 14.7 Å². The van der Waals surface area contributed by atoms with E-state index in [4.69, 9.17) is 9.47 Å². The van der Waals surface area contributed by atoms with Gasteiger partial charge in [-0.2, -0.15) is 9.78 Å². The van der Waals surface area contributed by atoms with Crippen molar-refractivity contribution < 1.29 is 23.9 Å². The SMILES string of the molecule is C=C/C=C(\C=C)CN1CC(C(=O)OCC)N(c2ccc(-c3cnn(C(=O)OC(C)(C)C)c3)cc2)C1=O. The molecular formula is C27H32N4O5. The Labute approximate surface area is 211 Å². The fraction of sp³-hybridized carbons (Fsp3) is 0.333. The molecule has 1 unspecified atom stereocenters. The summed E-state index contributed by atoms with van der Waals surface area (Å²) in [6.07, 6.45) is 7.62. The van der Waals surface area contributed by atoms with Gasteiger partial charge in [-0.15, -0.1) is 0 Å². The maximum Gasteiger partial charge on any atom is 0.435 e. The average molecular weight is 493 g/mol. The van der Waals surface area contributed by atoms with Crippen molar-refractivity contribution in [3.63, 3.8) is 0 Å². The Hall–Kier alpha value is -4.14. The molecule has 0 aliphatic carbocycles. The number of esters is 1. The average Bonchev–Trinajstić information content (AvgIpc) is 3.44. The number of amides is 2. The number of carbonyl (C=O) groups is 3. The highest BCUT2D eigenvalue weighted by atomic mass is 16.6. The molecule has 2 heterocycles. The van der Waals surface area contributed by atoms with E-state index in [-0.39, 0.29) is 19.2 Å². The molecule has 1 atom stereocenters. The highest BCUT2D eigenvalue weighted by molar-refractivity contribution is 6.02. The van der Waals surface area contributed by atoms with Crippen LogP contribution in [0, 0.1) is 0 Å². The Balaban J connectivity index is 1.85. The second-order valence-corrected chi connectivity index (χ2v) is 9.18. The molecule has 0 N–H and O–H groups in total. The molecule has 3 rings (SSSR count). The van der Waals surface area contributed by atoms with E-state index in [1.54, 1.807) is 87.5 Å². The molecule has 2 amide bonds. The summed E-state index contributed by atoms with van der Waals surface area (Å²) in [4.78, 5) is 41.3. The Morgan fingerprint density at radius 3 is 2.44 bits per heavy atom. The molecular weight excluding hydrogens is 460 g/mol. The maximum absolute atomic E-state index is 13.3. The Bertz CT molecular complexity index is 1170. The first-order valence-electron chi connectivity index (χ1n) is 11.6. The summed E-state index contributed by atoms with van der Waals surface area (Å²) < 4.78 is 11.7. The van der Waals surface area contributed by atoms with Crippen molar-refractivity contribution in [1.29, 1.82) is 0 Å². The van der Waals surface area contributed by atoms with Crippen LogP contribution in [0.3, 0.4) is 0 Å². The van der Waals surface area contributed by atoms with Crippen molar-refractivity contribution in [2.45, 2.75) is 39.3 Å². The van der Waals surface area contributed by atoms with Gasteiger partial charge in [-0.3, -0.25) is 4.90 Å². The molecule has 1 aliphatic rings. The topological polar surface area (TPSA) is 94.0 Å². The van der Waals surface area contributed by atoms with Gasteiger partial charge in [-0.1, -0.05) is 43.5 Å². The standard InChI is InChI=1S/C27H32N4O5/c1-7-10-19(8-2)16-29-18-23(24(32)35-9-3)31(25(29)33)22-13-11-20(12-14-22)21-15-28-30(17-21)26(34)36-27(4,5)6/h7-8,10-15,17,23H,1-2,9,16,18H2,3-6H3/b19-10+. The first kappa shape index (κ1) is 26.5. The monoisotopic (exact) mass is 492 g/mol. The van der Waals surface area contributed by atoms with Crippen molar-refractivity contribution in [3.8, 4) is 11.1 Å². The number of hydrogen-bond acceptors (Lipinski definition) is 6. The van der Waals surface area contributed by atoms with E-state index < -0.39 is 23.7 Å². The van der Waals surface area contributed by atoms with E-state index in [1.165, 1.54) is 4.90 Å². The van der Waals surface area contributed by atoms with E-state index in [0.29, 0.717) is 17.8 Å². The summed E-state index contributed by atoms with van der Waals surface area (Å²) in [6.45, 7) is 15.2. The van der Waals surface area contributed by atoms with Gasteiger partial charge >= 0.3 is 18.1 Å². The number of ether oxygens (including phenoxy) is 2. The van der Waals surface area contributed by atoms with E-state index in [2.05, 4.69) is 18.3 Å². The van der Waals surface area contributed by atoms with Crippen LogP contribution in [0.1, 0.15) is 27.7 Å². The Morgan fingerprint density at radius 1 is 1.17 bits per heavy atom. The van der Waals surface area contributed by atoms with Crippen LogP contribution in [-0.4, -0.2) is 64.1 Å². The normalized spacial score (nSPS) is 16.2. The number of benzene rings is 1. The number of carbonyl (C=O) groups excluding carboxylic acids is 3. The number of allylic oxidation sites excluding steroid dienone is 2. The van der Waals surface area contributed by atoms with Gasteiger partial charge in [0.25, 0.3) is 0 Å². The van der Waals surface area contributed by atoms with Gasteiger partial charge < -0.3 is 14.4 Å². The molecule has 1 saturated heterocycles. The molecule has 36 heavy (non-hydrogen) atoms. The van der Waals surface area contributed by atoms with Crippen LogP contribution in [0.4, 0.5) is 15.3 Å². The van der Waals surface area contributed by atoms with Gasteiger partial charge in [-0.25, -0.2) is 14.4 Å². The first-order valence-corrected chi connectivity index (χ1v) is 11.6. The van der Waals surface area contributed by atoms with Gasteiger partial charge in [-0.05, 0) is 51.0 Å². The van der Waals surface area contributed by atoms with Crippen LogP contribution in [0.15, 0.2) is 73.6 Å². The van der Waals surface area contributed by atoms with E-state index in [9.17, 15) is 14.4 Å². The molecule has 9 heteroatoms. The smallest absolute Gasteiger partial charge is 0.435 e. The quantitative estimate of drug-likeness (QED) is 0.388. The number of aromatic nitrogens is 2. The first-order chi connectivity index (χ1) is 17.1. The predicted molar refractivity (Wildman–Crippen MR) is 138 cm³/mol. The van der Waals surface area contributed by atoms with Gasteiger partial charge in [0.2, 0.25) is 0 Å². The number of hydrogen-bond donors (Lipinski definition) is 0. The van der Waals surface area contributed by atoms with Crippen LogP contribution in [-0.2, 0) is 14.3 Å². The summed E-state index contributed by atoms with van der Waals surface area (Å²) in [5.74, 6) is -0.469. The summed E-state index contributed by atoms with van der Waals surface area (Å²) in [7, 11) is 0. The molecule has 1 aromatic heterocycles. The second kappa shape index (κ2) is 11.1. The molecule has 0 spiro atoms. The fourth-order valence-electron chi connectivity index (χ4n) is 3.75. The zero-order chi connectivity index (χ0) is 26.5. The molecule has 190 valence electrons. The third kappa shape index (κ3) is 6.10. The maximum atomic E-state index is 13.3. The van der Waals surface area contributed by atoms with Crippen LogP contribution >= 0.6 is 0 Å². The van der Waals surface area contributed by atoms with Crippen LogP contribution < -0.4 is 4.90 Å². The lowest BCUT2D eigenvalue weighted by Crippen LogP contribution is -2.40. The van der Waals surface area contributed by atoms with E-state index in [1.807, 2.05) is 0 Å².